The standard InChI is InChI=1S/C10H13NOS2/c1-7-2-3-9(14-7)10(12)8-6-13-5-4-11-8/h2-3,8,11H,4-6H2,1H3. The molecule has 0 aromatic carbocycles. The number of carbonyl (C=O) groups is 1. The van der Waals surface area contributed by atoms with Gasteiger partial charge in [-0.25, -0.2) is 0 Å². The number of carbonyl (C=O) groups excluding carboxylic acids is 1. The Morgan fingerprint density at radius 2 is 2.43 bits per heavy atom. The van der Waals surface area contributed by atoms with E-state index in [0.29, 0.717) is 0 Å². The van der Waals surface area contributed by atoms with E-state index in [0.717, 1.165) is 22.9 Å². The molecule has 0 saturated carbocycles. The molecular formula is C10H13NOS2. The second-order valence-electron chi connectivity index (χ2n) is 3.36. The largest absolute Gasteiger partial charge is 0.306 e. The molecule has 1 atom stereocenters. The van der Waals surface area contributed by atoms with Gasteiger partial charge in [0, 0.05) is 22.9 Å². The quantitative estimate of drug-likeness (QED) is 0.783. The van der Waals surface area contributed by atoms with Crippen molar-refractivity contribution in [1.82, 2.24) is 5.32 Å². The summed E-state index contributed by atoms with van der Waals surface area (Å²) in [5.74, 6) is 2.29. The van der Waals surface area contributed by atoms with Gasteiger partial charge >= 0.3 is 0 Å². The molecule has 2 rings (SSSR count). The summed E-state index contributed by atoms with van der Waals surface area (Å²) in [4.78, 5) is 14.0. The molecule has 4 heteroatoms. The van der Waals surface area contributed by atoms with Gasteiger partial charge in [0.15, 0.2) is 5.78 Å². The van der Waals surface area contributed by atoms with Crippen LogP contribution in [0, 0.1) is 6.92 Å². The Hall–Kier alpha value is -0.320. The Morgan fingerprint density at radius 3 is 3.00 bits per heavy atom. The Kier molecular flexibility index (Phi) is 3.26. The van der Waals surface area contributed by atoms with E-state index in [2.05, 4.69) is 5.32 Å². The summed E-state index contributed by atoms with van der Waals surface area (Å²) in [7, 11) is 0. The summed E-state index contributed by atoms with van der Waals surface area (Å²) < 4.78 is 0. The molecule has 0 bridgehead atoms. The molecule has 1 saturated heterocycles. The van der Waals surface area contributed by atoms with Crippen LogP contribution in [0.1, 0.15) is 14.5 Å². The molecule has 0 amide bonds. The van der Waals surface area contributed by atoms with Gasteiger partial charge in [-0.05, 0) is 19.1 Å². The second-order valence-corrected chi connectivity index (χ2v) is 5.79. The summed E-state index contributed by atoms with van der Waals surface area (Å²) in [6, 6.07) is 3.98. The molecule has 0 aliphatic carbocycles. The van der Waals surface area contributed by atoms with Crippen LogP contribution in [0.5, 0.6) is 0 Å². The van der Waals surface area contributed by atoms with Crippen molar-refractivity contribution in [3.8, 4) is 0 Å². The van der Waals surface area contributed by atoms with E-state index in [4.69, 9.17) is 0 Å². The van der Waals surface area contributed by atoms with E-state index < -0.39 is 0 Å². The maximum absolute atomic E-state index is 11.9. The summed E-state index contributed by atoms with van der Waals surface area (Å²) in [6.07, 6.45) is 0. The van der Waals surface area contributed by atoms with Gasteiger partial charge in [-0.3, -0.25) is 4.79 Å². The fourth-order valence-corrected chi connectivity index (χ4v) is 3.27. The Morgan fingerprint density at radius 1 is 1.57 bits per heavy atom. The molecule has 14 heavy (non-hydrogen) atoms. The lowest BCUT2D eigenvalue weighted by Gasteiger charge is -2.21. The molecule has 1 aromatic rings. The molecule has 1 fully saturated rings. The van der Waals surface area contributed by atoms with Gasteiger partial charge in [0.1, 0.15) is 0 Å². The van der Waals surface area contributed by atoms with Crippen molar-refractivity contribution in [3.63, 3.8) is 0 Å². The zero-order valence-electron chi connectivity index (χ0n) is 8.08. The van der Waals surface area contributed by atoms with E-state index in [1.165, 1.54) is 4.88 Å². The Bertz CT molecular complexity index is 329. The minimum Gasteiger partial charge on any atom is -0.306 e. The minimum absolute atomic E-state index is 0.0341. The van der Waals surface area contributed by atoms with E-state index in [9.17, 15) is 4.79 Å². The van der Waals surface area contributed by atoms with Gasteiger partial charge in [0.05, 0.1) is 10.9 Å². The van der Waals surface area contributed by atoms with Crippen LogP contribution in [0.2, 0.25) is 0 Å². The van der Waals surface area contributed by atoms with Gasteiger partial charge in [0.25, 0.3) is 0 Å². The molecule has 2 nitrogen and oxygen atoms in total. The molecule has 76 valence electrons. The van der Waals surface area contributed by atoms with Crippen LogP contribution >= 0.6 is 23.1 Å². The van der Waals surface area contributed by atoms with Crippen LogP contribution in [0.15, 0.2) is 12.1 Å². The van der Waals surface area contributed by atoms with Gasteiger partial charge in [-0.2, -0.15) is 11.8 Å². The van der Waals surface area contributed by atoms with Gasteiger partial charge in [-0.1, -0.05) is 0 Å². The monoisotopic (exact) mass is 227 g/mol. The fourth-order valence-electron chi connectivity index (χ4n) is 1.47. The average Bonchev–Trinajstić information content (AvgIpc) is 2.65. The number of thiophene rings is 1. The van der Waals surface area contributed by atoms with Gasteiger partial charge < -0.3 is 5.32 Å². The van der Waals surface area contributed by atoms with Gasteiger partial charge in [0.2, 0.25) is 0 Å². The maximum Gasteiger partial charge on any atom is 0.190 e. The molecule has 1 aliphatic rings. The number of rotatable bonds is 2. The Labute approximate surface area is 92.1 Å². The fraction of sp³-hybridized carbons (Fsp3) is 0.500. The molecule has 2 heterocycles. The van der Waals surface area contributed by atoms with E-state index in [1.807, 2.05) is 30.8 Å². The lowest BCUT2D eigenvalue weighted by atomic mass is 10.2. The van der Waals surface area contributed by atoms with Crippen LogP contribution in [0.4, 0.5) is 0 Å². The number of Topliss-reactive ketones (excluding diaryl/α,β-unsaturated/α-hetero) is 1. The van der Waals surface area contributed by atoms with Crippen molar-refractivity contribution in [2.75, 3.05) is 18.1 Å². The van der Waals surface area contributed by atoms with Crippen LogP contribution < -0.4 is 5.32 Å². The number of hydrogen-bond donors (Lipinski definition) is 1. The zero-order valence-corrected chi connectivity index (χ0v) is 9.71. The summed E-state index contributed by atoms with van der Waals surface area (Å²) >= 11 is 3.44. The highest BCUT2D eigenvalue weighted by molar-refractivity contribution is 7.99. The summed E-state index contributed by atoms with van der Waals surface area (Å²) in [5.41, 5.74) is 0. The highest BCUT2D eigenvalue weighted by Crippen LogP contribution is 2.19. The van der Waals surface area contributed by atoms with E-state index in [1.54, 1.807) is 11.3 Å². The first-order valence-electron chi connectivity index (χ1n) is 4.69. The number of nitrogens with one attached hydrogen (secondary N) is 1. The van der Waals surface area contributed by atoms with Crippen molar-refractivity contribution in [3.05, 3.63) is 21.9 Å². The Balaban J connectivity index is 2.07. The first-order valence-corrected chi connectivity index (χ1v) is 6.66. The normalized spacial score (nSPS) is 22.2. The van der Waals surface area contributed by atoms with E-state index in [-0.39, 0.29) is 11.8 Å². The van der Waals surface area contributed by atoms with Crippen LogP contribution in [0.3, 0.4) is 0 Å². The third kappa shape index (κ3) is 2.19. The minimum atomic E-state index is 0.0341. The predicted octanol–water partition coefficient (Wildman–Crippen LogP) is 1.94. The molecule has 0 radical (unpaired) electrons. The SMILES string of the molecule is Cc1ccc(C(=O)C2CSCCN2)s1. The smallest absolute Gasteiger partial charge is 0.190 e. The summed E-state index contributed by atoms with van der Waals surface area (Å²) in [5, 5.41) is 3.26. The molecular weight excluding hydrogens is 214 g/mol. The highest BCUT2D eigenvalue weighted by Gasteiger charge is 2.22. The first-order chi connectivity index (χ1) is 6.77. The lowest BCUT2D eigenvalue weighted by molar-refractivity contribution is 0.0957. The number of ketones is 1. The van der Waals surface area contributed by atoms with Crippen molar-refractivity contribution >= 4 is 28.9 Å². The van der Waals surface area contributed by atoms with Crippen LogP contribution in [-0.4, -0.2) is 29.9 Å². The van der Waals surface area contributed by atoms with Crippen LogP contribution in [-0.2, 0) is 0 Å². The lowest BCUT2D eigenvalue weighted by Crippen LogP contribution is -2.43. The third-order valence-corrected chi connectivity index (χ3v) is 4.30. The zero-order chi connectivity index (χ0) is 9.97. The van der Waals surface area contributed by atoms with Crippen molar-refractivity contribution in [2.24, 2.45) is 0 Å². The van der Waals surface area contributed by atoms with Crippen LogP contribution in [0.25, 0.3) is 0 Å². The topological polar surface area (TPSA) is 29.1 Å². The predicted molar refractivity (Wildman–Crippen MR) is 62.5 cm³/mol. The van der Waals surface area contributed by atoms with E-state index >= 15 is 0 Å². The van der Waals surface area contributed by atoms with Crippen molar-refractivity contribution in [1.29, 1.82) is 0 Å². The molecule has 0 spiro atoms. The molecule has 1 N–H and O–H groups in total. The third-order valence-electron chi connectivity index (χ3n) is 2.22. The molecule has 1 aliphatic heterocycles. The second kappa shape index (κ2) is 4.47. The van der Waals surface area contributed by atoms with Crippen molar-refractivity contribution in [2.45, 2.75) is 13.0 Å². The average molecular weight is 227 g/mol. The van der Waals surface area contributed by atoms with Crippen molar-refractivity contribution < 1.29 is 4.79 Å². The maximum atomic E-state index is 11.9. The molecule has 1 aromatic heterocycles. The number of thioether (sulfide) groups is 1. The van der Waals surface area contributed by atoms with Gasteiger partial charge in [-0.15, -0.1) is 11.3 Å². The summed E-state index contributed by atoms with van der Waals surface area (Å²) in [6.45, 7) is 2.98. The molecule has 1 unspecified atom stereocenters. The number of hydrogen-bond acceptors (Lipinski definition) is 4. The number of aryl methyl sites for hydroxylation is 1. The first kappa shape index (κ1) is 10.2. The highest BCUT2D eigenvalue weighted by atomic mass is 32.2.